The molecule has 0 saturated carbocycles. The molecule has 23 heavy (non-hydrogen) atoms. The molecule has 0 heterocycles. The molecular formula is C15H22BNO6. The number of ether oxygens (including phenoxy) is 2. The summed E-state index contributed by atoms with van der Waals surface area (Å²) in [4.78, 5) is 24.8. The fourth-order valence-corrected chi connectivity index (χ4v) is 1.82. The van der Waals surface area contributed by atoms with Gasteiger partial charge in [0.05, 0.1) is 13.5 Å². The summed E-state index contributed by atoms with van der Waals surface area (Å²) < 4.78 is 9.87. The molecule has 7 nitrogen and oxygen atoms in total. The summed E-state index contributed by atoms with van der Waals surface area (Å²) >= 11 is 0. The molecule has 1 rings (SSSR count). The molecule has 0 aliphatic rings. The Morgan fingerprint density at radius 3 is 2.30 bits per heavy atom. The SMILES string of the molecule is COC(=O)Cc1cc(B(O)O)cc(N(C)C(=O)OC(C)(C)C)c1. The fraction of sp³-hybridized carbons (Fsp3) is 0.467. The number of nitrogens with zero attached hydrogens (tertiary/aromatic N) is 1. The van der Waals surface area contributed by atoms with Gasteiger partial charge in [-0.05, 0) is 43.9 Å². The van der Waals surface area contributed by atoms with E-state index >= 15 is 0 Å². The fourth-order valence-electron chi connectivity index (χ4n) is 1.82. The summed E-state index contributed by atoms with van der Waals surface area (Å²) in [5.41, 5.74) is 0.377. The molecule has 8 heteroatoms. The maximum Gasteiger partial charge on any atom is 0.488 e. The summed E-state index contributed by atoms with van der Waals surface area (Å²) in [6.45, 7) is 5.24. The maximum atomic E-state index is 12.1. The van der Waals surface area contributed by atoms with Gasteiger partial charge in [0.25, 0.3) is 0 Å². The summed E-state index contributed by atoms with van der Waals surface area (Å²) in [5, 5.41) is 18.8. The lowest BCUT2D eigenvalue weighted by Gasteiger charge is -2.25. The molecule has 1 aromatic carbocycles. The van der Waals surface area contributed by atoms with Gasteiger partial charge >= 0.3 is 19.2 Å². The van der Waals surface area contributed by atoms with Crippen molar-refractivity contribution in [2.45, 2.75) is 32.8 Å². The van der Waals surface area contributed by atoms with E-state index in [1.54, 1.807) is 26.8 Å². The van der Waals surface area contributed by atoms with E-state index in [1.165, 1.54) is 31.2 Å². The molecule has 0 radical (unpaired) electrons. The van der Waals surface area contributed by atoms with E-state index in [-0.39, 0.29) is 11.9 Å². The molecule has 0 aliphatic carbocycles. The van der Waals surface area contributed by atoms with Crippen LogP contribution in [0.1, 0.15) is 26.3 Å². The predicted octanol–water partition coefficient (Wildman–Crippen LogP) is 0.453. The van der Waals surface area contributed by atoms with E-state index < -0.39 is 24.8 Å². The molecule has 0 fully saturated rings. The van der Waals surface area contributed by atoms with Crippen molar-refractivity contribution in [3.8, 4) is 0 Å². The Bertz CT molecular complexity index is 582. The molecule has 2 N–H and O–H groups in total. The van der Waals surface area contributed by atoms with Crippen LogP contribution in [0.25, 0.3) is 0 Å². The first kappa shape index (κ1) is 19.0. The first-order valence-corrected chi connectivity index (χ1v) is 7.07. The Morgan fingerprint density at radius 1 is 1.22 bits per heavy atom. The minimum Gasteiger partial charge on any atom is -0.469 e. The van der Waals surface area contributed by atoms with E-state index in [0.717, 1.165) is 0 Å². The highest BCUT2D eigenvalue weighted by Gasteiger charge is 2.23. The molecule has 0 saturated heterocycles. The van der Waals surface area contributed by atoms with Gasteiger partial charge in [-0.3, -0.25) is 9.69 Å². The Balaban J connectivity index is 3.13. The predicted molar refractivity (Wildman–Crippen MR) is 86.6 cm³/mol. The van der Waals surface area contributed by atoms with Gasteiger partial charge < -0.3 is 19.5 Å². The van der Waals surface area contributed by atoms with Gasteiger partial charge in [-0.1, -0.05) is 6.07 Å². The third-order valence-electron chi connectivity index (χ3n) is 2.93. The van der Waals surface area contributed by atoms with Crippen molar-refractivity contribution in [2.24, 2.45) is 0 Å². The number of rotatable bonds is 4. The number of benzene rings is 1. The van der Waals surface area contributed by atoms with Crippen LogP contribution in [-0.4, -0.2) is 49.0 Å². The van der Waals surface area contributed by atoms with Crippen LogP contribution in [0, 0.1) is 0 Å². The van der Waals surface area contributed by atoms with Gasteiger partial charge in [-0.25, -0.2) is 4.79 Å². The lowest BCUT2D eigenvalue weighted by Crippen LogP contribution is -2.36. The highest BCUT2D eigenvalue weighted by molar-refractivity contribution is 6.58. The zero-order valence-corrected chi connectivity index (χ0v) is 14.0. The largest absolute Gasteiger partial charge is 0.488 e. The first-order valence-electron chi connectivity index (χ1n) is 7.07. The minimum absolute atomic E-state index is 0.0494. The molecular weight excluding hydrogens is 301 g/mol. The molecule has 0 aromatic heterocycles. The number of anilines is 1. The van der Waals surface area contributed by atoms with Gasteiger partial charge in [0.1, 0.15) is 5.60 Å². The number of hydrogen-bond donors (Lipinski definition) is 2. The molecule has 1 amide bonds. The highest BCUT2D eigenvalue weighted by atomic mass is 16.6. The van der Waals surface area contributed by atoms with Crippen LogP contribution in [0.15, 0.2) is 18.2 Å². The minimum atomic E-state index is -1.72. The molecule has 1 aromatic rings. The number of methoxy groups -OCH3 is 1. The second-order valence-corrected chi connectivity index (χ2v) is 6.10. The average molecular weight is 323 g/mol. The Kier molecular flexibility index (Phi) is 6.17. The summed E-state index contributed by atoms with van der Waals surface area (Å²) in [6.07, 6.45) is -0.641. The van der Waals surface area contributed by atoms with Gasteiger partial charge in [-0.15, -0.1) is 0 Å². The van der Waals surface area contributed by atoms with Crippen LogP contribution in [0.4, 0.5) is 10.5 Å². The lowest BCUT2D eigenvalue weighted by molar-refractivity contribution is -0.139. The van der Waals surface area contributed by atoms with E-state index in [4.69, 9.17) is 4.74 Å². The number of esters is 1. The number of hydrogen-bond acceptors (Lipinski definition) is 6. The standard InChI is InChI=1S/C15H22BNO6/c1-15(2,3)23-14(19)17(4)12-7-10(8-13(18)22-5)6-11(9-12)16(20)21/h6-7,9,20-21H,8H2,1-5H3. The summed E-state index contributed by atoms with van der Waals surface area (Å²) in [6, 6.07) is 4.50. The van der Waals surface area contributed by atoms with Crippen LogP contribution >= 0.6 is 0 Å². The molecule has 0 unspecified atom stereocenters. The highest BCUT2D eigenvalue weighted by Crippen LogP contribution is 2.18. The van der Waals surface area contributed by atoms with Gasteiger partial charge in [0, 0.05) is 12.7 Å². The first-order chi connectivity index (χ1) is 10.5. The average Bonchev–Trinajstić information content (AvgIpc) is 2.43. The van der Waals surface area contributed by atoms with E-state index in [1.807, 2.05) is 0 Å². The summed E-state index contributed by atoms with van der Waals surface area (Å²) in [7, 11) is 1.04. The van der Waals surface area contributed by atoms with Crippen LogP contribution in [0.3, 0.4) is 0 Å². The molecule has 0 aliphatic heterocycles. The normalized spacial score (nSPS) is 10.9. The van der Waals surface area contributed by atoms with Crippen molar-refractivity contribution in [1.82, 2.24) is 0 Å². The van der Waals surface area contributed by atoms with Crippen molar-refractivity contribution >= 4 is 30.3 Å². The topological polar surface area (TPSA) is 96.3 Å². The van der Waals surface area contributed by atoms with Crippen LogP contribution in [-0.2, 0) is 20.7 Å². The van der Waals surface area contributed by atoms with Crippen molar-refractivity contribution in [1.29, 1.82) is 0 Å². The van der Waals surface area contributed by atoms with Crippen molar-refractivity contribution in [3.05, 3.63) is 23.8 Å². The Morgan fingerprint density at radius 2 is 1.83 bits per heavy atom. The second kappa shape index (κ2) is 7.48. The van der Waals surface area contributed by atoms with Gasteiger partial charge in [0.15, 0.2) is 0 Å². The van der Waals surface area contributed by atoms with E-state index in [2.05, 4.69) is 4.74 Å². The second-order valence-electron chi connectivity index (χ2n) is 6.10. The zero-order chi connectivity index (χ0) is 17.8. The molecule has 0 spiro atoms. The Hall–Kier alpha value is -2.06. The lowest BCUT2D eigenvalue weighted by atomic mass is 9.79. The molecule has 0 atom stereocenters. The van der Waals surface area contributed by atoms with Crippen LogP contribution < -0.4 is 10.4 Å². The van der Waals surface area contributed by atoms with Gasteiger partial charge in [0.2, 0.25) is 0 Å². The number of carbonyl (C=O) groups excluding carboxylic acids is 2. The third-order valence-corrected chi connectivity index (χ3v) is 2.93. The van der Waals surface area contributed by atoms with Crippen molar-refractivity contribution in [2.75, 3.05) is 19.1 Å². The number of amides is 1. The van der Waals surface area contributed by atoms with Gasteiger partial charge in [-0.2, -0.15) is 0 Å². The van der Waals surface area contributed by atoms with Crippen LogP contribution in [0.2, 0.25) is 0 Å². The Labute approximate surface area is 136 Å². The third kappa shape index (κ3) is 5.92. The monoisotopic (exact) mass is 323 g/mol. The quantitative estimate of drug-likeness (QED) is 0.617. The van der Waals surface area contributed by atoms with Crippen molar-refractivity contribution < 1.29 is 29.1 Å². The number of carbonyl (C=O) groups is 2. The van der Waals surface area contributed by atoms with Crippen LogP contribution in [0.5, 0.6) is 0 Å². The molecule has 126 valence electrons. The molecule has 0 bridgehead atoms. The summed E-state index contributed by atoms with van der Waals surface area (Å²) in [5.74, 6) is -0.472. The smallest absolute Gasteiger partial charge is 0.469 e. The van der Waals surface area contributed by atoms with E-state index in [0.29, 0.717) is 11.3 Å². The zero-order valence-electron chi connectivity index (χ0n) is 14.0. The van der Waals surface area contributed by atoms with Crippen molar-refractivity contribution in [3.63, 3.8) is 0 Å². The van der Waals surface area contributed by atoms with E-state index in [9.17, 15) is 19.6 Å². The maximum absolute atomic E-state index is 12.1.